The molecule has 1 aromatic heterocycles. The van der Waals surface area contributed by atoms with Crippen LogP contribution >= 0.6 is 11.3 Å². The molecule has 0 aliphatic carbocycles. The van der Waals surface area contributed by atoms with Crippen molar-refractivity contribution in [3.8, 4) is 0 Å². The van der Waals surface area contributed by atoms with Crippen molar-refractivity contribution >= 4 is 11.3 Å². The smallest absolute Gasteiger partial charge is 0.123 e. The van der Waals surface area contributed by atoms with Gasteiger partial charge in [0.25, 0.3) is 0 Å². The maximum atomic E-state index is 12.9. The van der Waals surface area contributed by atoms with E-state index in [1.165, 1.54) is 23.4 Å². The summed E-state index contributed by atoms with van der Waals surface area (Å²) >= 11 is 1.79. The molecule has 2 aromatic rings. The van der Waals surface area contributed by atoms with Gasteiger partial charge in [-0.3, -0.25) is 4.90 Å². The number of hydrogen-bond acceptors (Lipinski definition) is 3. The Morgan fingerprint density at radius 3 is 2.55 bits per heavy atom. The fourth-order valence-electron chi connectivity index (χ4n) is 2.75. The van der Waals surface area contributed by atoms with Crippen LogP contribution in [0.5, 0.6) is 0 Å². The first-order chi connectivity index (χ1) is 9.70. The summed E-state index contributed by atoms with van der Waals surface area (Å²) in [6, 6.07) is 6.85. The number of likely N-dealkylation sites (tertiary alicyclic amines) is 1. The summed E-state index contributed by atoms with van der Waals surface area (Å²) in [5.74, 6) is 0.463. The number of halogens is 1. The zero-order chi connectivity index (χ0) is 13.9. The maximum absolute atomic E-state index is 12.9. The first-order valence-electron chi connectivity index (χ1n) is 7.09. The first-order valence-corrected chi connectivity index (χ1v) is 7.97. The average molecular weight is 290 g/mol. The Morgan fingerprint density at radius 1 is 1.25 bits per heavy atom. The lowest BCUT2D eigenvalue weighted by Gasteiger charge is -2.31. The monoisotopic (exact) mass is 290 g/mol. The molecule has 0 atom stereocenters. The molecule has 2 heterocycles. The molecule has 0 N–H and O–H groups in total. The Morgan fingerprint density at radius 2 is 1.95 bits per heavy atom. The molecule has 1 saturated heterocycles. The van der Waals surface area contributed by atoms with Crippen LogP contribution in [0.15, 0.2) is 29.6 Å². The zero-order valence-corrected chi connectivity index (χ0v) is 12.5. The number of piperidine rings is 1. The van der Waals surface area contributed by atoms with Crippen LogP contribution in [0.2, 0.25) is 0 Å². The van der Waals surface area contributed by atoms with Gasteiger partial charge in [-0.15, -0.1) is 11.3 Å². The van der Waals surface area contributed by atoms with Crippen LogP contribution in [0.4, 0.5) is 4.39 Å². The molecule has 0 spiro atoms. The third kappa shape index (κ3) is 3.25. The molecular formula is C16H19FN2S. The van der Waals surface area contributed by atoms with E-state index in [0.29, 0.717) is 5.92 Å². The van der Waals surface area contributed by atoms with Crippen molar-refractivity contribution in [2.75, 3.05) is 13.1 Å². The van der Waals surface area contributed by atoms with E-state index in [1.807, 2.05) is 12.1 Å². The van der Waals surface area contributed by atoms with E-state index in [2.05, 4.69) is 22.2 Å². The van der Waals surface area contributed by atoms with Gasteiger partial charge in [-0.25, -0.2) is 9.37 Å². The van der Waals surface area contributed by atoms with Gasteiger partial charge in [-0.05, 0) is 50.6 Å². The number of thiazole rings is 1. The van der Waals surface area contributed by atoms with E-state index in [-0.39, 0.29) is 5.82 Å². The Labute approximate surface area is 123 Å². The van der Waals surface area contributed by atoms with Gasteiger partial charge in [0, 0.05) is 23.5 Å². The predicted octanol–water partition coefficient (Wildman–Crippen LogP) is 3.97. The molecule has 3 rings (SSSR count). The minimum absolute atomic E-state index is 0.161. The number of aromatic nitrogens is 1. The molecule has 0 bridgehead atoms. The summed E-state index contributed by atoms with van der Waals surface area (Å²) in [5, 5.41) is 3.43. The largest absolute Gasteiger partial charge is 0.299 e. The summed E-state index contributed by atoms with van der Waals surface area (Å²) in [7, 11) is 0. The third-order valence-corrected chi connectivity index (χ3v) is 5.02. The number of aryl methyl sites for hydroxylation is 1. The molecule has 106 valence electrons. The molecule has 1 aliphatic heterocycles. The summed E-state index contributed by atoms with van der Waals surface area (Å²) in [6.07, 6.45) is 2.35. The van der Waals surface area contributed by atoms with E-state index < -0.39 is 0 Å². The number of rotatable bonds is 3. The Hall–Kier alpha value is -1.26. The quantitative estimate of drug-likeness (QED) is 0.850. The summed E-state index contributed by atoms with van der Waals surface area (Å²) < 4.78 is 12.9. The first kappa shape index (κ1) is 13.7. The molecule has 0 amide bonds. The molecule has 0 radical (unpaired) electrons. The summed E-state index contributed by atoms with van der Waals surface area (Å²) in [5.41, 5.74) is 2.33. The highest BCUT2D eigenvalue weighted by Gasteiger charge is 2.22. The Balaban J connectivity index is 1.54. The standard InChI is InChI=1S/C16H19FN2S/c1-12-11-20-16(18-12)14-6-8-19(9-7-14)10-13-2-4-15(17)5-3-13/h2-5,11,14H,6-10H2,1H3. The lowest BCUT2D eigenvalue weighted by Crippen LogP contribution is -2.32. The van der Waals surface area contributed by atoms with Crippen LogP contribution < -0.4 is 0 Å². The SMILES string of the molecule is Cc1csc(C2CCN(Cc3ccc(F)cc3)CC2)n1. The van der Waals surface area contributed by atoms with E-state index in [4.69, 9.17) is 0 Å². The van der Waals surface area contributed by atoms with Gasteiger partial charge in [-0.2, -0.15) is 0 Å². The van der Waals surface area contributed by atoms with Crippen molar-refractivity contribution in [2.45, 2.75) is 32.2 Å². The van der Waals surface area contributed by atoms with Crippen LogP contribution in [-0.2, 0) is 6.54 Å². The van der Waals surface area contributed by atoms with Crippen LogP contribution in [0, 0.1) is 12.7 Å². The van der Waals surface area contributed by atoms with Gasteiger partial charge in [0.15, 0.2) is 0 Å². The predicted molar refractivity (Wildman–Crippen MR) is 80.5 cm³/mol. The third-order valence-electron chi connectivity index (χ3n) is 3.89. The van der Waals surface area contributed by atoms with Gasteiger partial charge in [-0.1, -0.05) is 12.1 Å². The minimum atomic E-state index is -0.161. The minimum Gasteiger partial charge on any atom is -0.299 e. The van der Waals surface area contributed by atoms with Gasteiger partial charge in [0.05, 0.1) is 5.01 Å². The van der Waals surface area contributed by atoms with Crippen LogP contribution in [0.25, 0.3) is 0 Å². The average Bonchev–Trinajstić information content (AvgIpc) is 2.89. The van der Waals surface area contributed by atoms with Crippen molar-refractivity contribution < 1.29 is 4.39 Å². The second-order valence-electron chi connectivity index (χ2n) is 5.50. The highest BCUT2D eigenvalue weighted by Crippen LogP contribution is 2.30. The fraction of sp³-hybridized carbons (Fsp3) is 0.438. The van der Waals surface area contributed by atoms with Crippen LogP contribution in [0.1, 0.15) is 35.0 Å². The molecule has 1 fully saturated rings. The summed E-state index contributed by atoms with van der Waals surface area (Å²) in [4.78, 5) is 7.06. The van der Waals surface area contributed by atoms with E-state index in [9.17, 15) is 4.39 Å². The van der Waals surface area contributed by atoms with Crippen molar-refractivity contribution in [1.29, 1.82) is 0 Å². The lowest BCUT2D eigenvalue weighted by molar-refractivity contribution is 0.204. The maximum Gasteiger partial charge on any atom is 0.123 e. The van der Waals surface area contributed by atoms with E-state index in [0.717, 1.165) is 25.3 Å². The Kier molecular flexibility index (Phi) is 4.13. The summed E-state index contributed by atoms with van der Waals surface area (Å²) in [6.45, 7) is 5.18. The highest BCUT2D eigenvalue weighted by molar-refractivity contribution is 7.09. The molecule has 1 aromatic carbocycles. The number of hydrogen-bond donors (Lipinski definition) is 0. The van der Waals surface area contributed by atoms with Crippen molar-refractivity contribution in [3.63, 3.8) is 0 Å². The highest BCUT2D eigenvalue weighted by atomic mass is 32.1. The zero-order valence-electron chi connectivity index (χ0n) is 11.7. The van der Waals surface area contributed by atoms with Crippen LogP contribution in [-0.4, -0.2) is 23.0 Å². The second kappa shape index (κ2) is 6.02. The topological polar surface area (TPSA) is 16.1 Å². The molecule has 1 aliphatic rings. The van der Waals surface area contributed by atoms with E-state index >= 15 is 0 Å². The van der Waals surface area contributed by atoms with Gasteiger partial charge < -0.3 is 0 Å². The van der Waals surface area contributed by atoms with Gasteiger partial charge >= 0.3 is 0 Å². The van der Waals surface area contributed by atoms with Crippen molar-refractivity contribution in [3.05, 3.63) is 51.7 Å². The van der Waals surface area contributed by atoms with E-state index in [1.54, 1.807) is 23.5 Å². The molecular weight excluding hydrogens is 271 g/mol. The lowest BCUT2D eigenvalue weighted by atomic mass is 9.97. The van der Waals surface area contributed by atoms with Crippen LogP contribution in [0.3, 0.4) is 0 Å². The fourth-order valence-corrected chi connectivity index (χ4v) is 3.71. The number of nitrogens with zero attached hydrogens (tertiary/aromatic N) is 2. The van der Waals surface area contributed by atoms with Gasteiger partial charge in [0.1, 0.15) is 5.82 Å². The number of benzene rings is 1. The second-order valence-corrected chi connectivity index (χ2v) is 6.39. The molecule has 2 nitrogen and oxygen atoms in total. The van der Waals surface area contributed by atoms with Crippen molar-refractivity contribution in [2.24, 2.45) is 0 Å². The Bertz CT molecular complexity index is 556. The molecule has 20 heavy (non-hydrogen) atoms. The molecule has 0 unspecified atom stereocenters. The molecule has 4 heteroatoms. The van der Waals surface area contributed by atoms with Crippen molar-refractivity contribution in [1.82, 2.24) is 9.88 Å². The normalized spacial score (nSPS) is 17.5. The molecule has 0 saturated carbocycles. The van der Waals surface area contributed by atoms with Gasteiger partial charge in [0.2, 0.25) is 0 Å².